The summed E-state index contributed by atoms with van der Waals surface area (Å²) in [6.45, 7) is 1.80. The van der Waals surface area contributed by atoms with Crippen LogP contribution in [0.1, 0.15) is 11.1 Å². The molecular formula is C17H15BrO5S. The maximum Gasteiger partial charge on any atom is 0.341 e. The molecule has 126 valence electrons. The van der Waals surface area contributed by atoms with Crippen molar-refractivity contribution in [1.82, 2.24) is 0 Å². The first-order valence-corrected chi connectivity index (χ1v) is 9.08. The van der Waals surface area contributed by atoms with Crippen LogP contribution in [-0.4, -0.2) is 21.5 Å². The molecule has 0 saturated carbocycles. The van der Waals surface area contributed by atoms with Gasteiger partial charge in [0, 0.05) is 4.47 Å². The normalized spacial score (nSPS) is 11.9. The number of benzene rings is 2. The van der Waals surface area contributed by atoms with Crippen molar-refractivity contribution in [3.05, 3.63) is 70.4 Å². The van der Waals surface area contributed by atoms with Crippen LogP contribution in [0.5, 0.6) is 0 Å². The van der Waals surface area contributed by atoms with E-state index in [9.17, 15) is 13.2 Å². The van der Waals surface area contributed by atoms with Crippen LogP contribution in [-0.2, 0) is 23.8 Å². The highest BCUT2D eigenvalue weighted by Crippen LogP contribution is 2.22. The van der Waals surface area contributed by atoms with Gasteiger partial charge in [0.1, 0.15) is 16.7 Å². The molecule has 2 rings (SSSR count). The van der Waals surface area contributed by atoms with Crippen molar-refractivity contribution in [1.29, 1.82) is 0 Å². The monoisotopic (exact) mass is 410 g/mol. The predicted molar refractivity (Wildman–Crippen MR) is 93.6 cm³/mol. The molecule has 0 heterocycles. The zero-order chi connectivity index (χ0) is 17.7. The van der Waals surface area contributed by atoms with Crippen molar-refractivity contribution in [2.75, 3.05) is 7.11 Å². The number of ether oxygens (including phenoxy) is 1. The van der Waals surface area contributed by atoms with E-state index in [4.69, 9.17) is 8.92 Å². The number of esters is 1. The number of halogens is 1. The van der Waals surface area contributed by atoms with Gasteiger partial charge < -0.3 is 8.92 Å². The van der Waals surface area contributed by atoms with Crippen molar-refractivity contribution < 1.29 is 22.1 Å². The molecule has 2 aromatic rings. The third-order valence-corrected chi connectivity index (χ3v) is 4.96. The summed E-state index contributed by atoms with van der Waals surface area (Å²) in [5.74, 6) is -0.685. The van der Waals surface area contributed by atoms with Gasteiger partial charge in [-0.3, -0.25) is 0 Å². The largest absolute Gasteiger partial charge is 0.465 e. The maximum absolute atomic E-state index is 12.2. The van der Waals surface area contributed by atoms with Crippen LogP contribution in [0.25, 0.3) is 5.57 Å². The van der Waals surface area contributed by atoms with E-state index in [0.29, 0.717) is 5.56 Å². The topological polar surface area (TPSA) is 69.7 Å². The maximum atomic E-state index is 12.2. The van der Waals surface area contributed by atoms with Crippen molar-refractivity contribution in [3.8, 4) is 0 Å². The van der Waals surface area contributed by atoms with E-state index < -0.39 is 16.1 Å². The summed E-state index contributed by atoms with van der Waals surface area (Å²) < 4.78 is 34.9. The van der Waals surface area contributed by atoms with E-state index in [2.05, 4.69) is 15.9 Å². The Hall–Kier alpha value is -2.12. The van der Waals surface area contributed by atoms with E-state index >= 15 is 0 Å². The molecule has 0 aliphatic carbocycles. The van der Waals surface area contributed by atoms with Crippen LogP contribution in [0.2, 0.25) is 0 Å². The van der Waals surface area contributed by atoms with E-state index in [1.165, 1.54) is 19.2 Å². The van der Waals surface area contributed by atoms with Crippen molar-refractivity contribution >= 4 is 37.6 Å². The molecule has 0 aliphatic rings. The lowest BCUT2D eigenvalue weighted by Gasteiger charge is -2.09. The fourth-order valence-electron chi connectivity index (χ4n) is 1.97. The molecule has 0 N–H and O–H groups in total. The van der Waals surface area contributed by atoms with Crippen LogP contribution < -0.4 is 0 Å². The number of methoxy groups -OCH3 is 1. The van der Waals surface area contributed by atoms with Gasteiger partial charge in [-0.15, -0.1) is 0 Å². The summed E-state index contributed by atoms with van der Waals surface area (Å²) >= 11 is 3.23. The molecule has 0 spiro atoms. The van der Waals surface area contributed by atoms with Gasteiger partial charge in [-0.25, -0.2) is 4.79 Å². The lowest BCUT2D eigenvalue weighted by atomic mass is 10.0. The van der Waals surface area contributed by atoms with Gasteiger partial charge in [0.05, 0.1) is 7.11 Å². The van der Waals surface area contributed by atoms with Gasteiger partial charge >= 0.3 is 16.1 Å². The highest BCUT2D eigenvalue weighted by Gasteiger charge is 2.19. The Morgan fingerprint density at radius 2 is 1.71 bits per heavy atom. The number of carbonyl (C=O) groups is 1. The number of hydrogen-bond donors (Lipinski definition) is 0. The third-order valence-electron chi connectivity index (χ3n) is 3.24. The van der Waals surface area contributed by atoms with Crippen LogP contribution in [0.3, 0.4) is 0 Å². The molecule has 5 nitrogen and oxygen atoms in total. The van der Waals surface area contributed by atoms with Gasteiger partial charge in [-0.2, -0.15) is 8.42 Å². The quantitative estimate of drug-likeness (QED) is 0.325. The summed E-state index contributed by atoms with van der Waals surface area (Å²) in [4.78, 5) is 12.0. The first-order valence-electron chi connectivity index (χ1n) is 6.88. The van der Waals surface area contributed by atoms with Gasteiger partial charge in [0.25, 0.3) is 0 Å². The molecule has 0 fully saturated rings. The molecule has 24 heavy (non-hydrogen) atoms. The first-order chi connectivity index (χ1) is 11.3. The molecule has 2 aromatic carbocycles. The van der Waals surface area contributed by atoms with Gasteiger partial charge in [0.15, 0.2) is 0 Å². The van der Waals surface area contributed by atoms with Gasteiger partial charge in [-0.05, 0) is 42.3 Å². The first kappa shape index (κ1) is 18.2. The van der Waals surface area contributed by atoms with Crippen molar-refractivity contribution in [2.45, 2.75) is 11.8 Å². The number of rotatable bonds is 5. The minimum Gasteiger partial charge on any atom is -0.465 e. The number of carbonyl (C=O) groups excluding carboxylic acids is 1. The van der Waals surface area contributed by atoms with Crippen LogP contribution in [0, 0.1) is 6.92 Å². The fourth-order valence-corrected chi connectivity index (χ4v) is 3.04. The molecule has 0 bridgehead atoms. The second kappa shape index (κ2) is 7.63. The number of aryl methyl sites for hydroxylation is 1. The zero-order valence-corrected chi connectivity index (χ0v) is 15.4. The molecule has 0 saturated heterocycles. The van der Waals surface area contributed by atoms with Crippen LogP contribution >= 0.6 is 15.9 Å². The van der Waals surface area contributed by atoms with Crippen molar-refractivity contribution in [3.63, 3.8) is 0 Å². The third kappa shape index (κ3) is 4.24. The Morgan fingerprint density at radius 1 is 1.08 bits per heavy atom. The van der Waals surface area contributed by atoms with Gasteiger partial charge in [0.2, 0.25) is 0 Å². The summed E-state index contributed by atoms with van der Waals surface area (Å²) in [7, 11) is -2.82. The Balaban J connectivity index is 2.39. The minimum atomic E-state index is -4.04. The van der Waals surface area contributed by atoms with Crippen LogP contribution in [0.4, 0.5) is 0 Å². The molecule has 0 radical (unpaired) electrons. The summed E-state index contributed by atoms with van der Waals surface area (Å²) in [5.41, 5.74) is 1.35. The molecule has 0 aromatic heterocycles. The van der Waals surface area contributed by atoms with E-state index in [-0.39, 0.29) is 10.5 Å². The zero-order valence-electron chi connectivity index (χ0n) is 13.0. The average Bonchev–Trinajstić information content (AvgIpc) is 2.56. The SMILES string of the molecule is COC(=O)/C(=C/OS(=O)(=O)c1ccc(Br)cc1)c1ccccc1C. The second-order valence-corrected chi connectivity index (χ2v) is 7.33. The molecule has 0 aliphatic heterocycles. The number of hydrogen-bond acceptors (Lipinski definition) is 5. The molecule has 0 unspecified atom stereocenters. The van der Waals surface area contributed by atoms with Crippen molar-refractivity contribution in [2.24, 2.45) is 0 Å². The molecule has 0 atom stereocenters. The smallest absolute Gasteiger partial charge is 0.341 e. The summed E-state index contributed by atoms with van der Waals surface area (Å²) in [6.07, 6.45) is 0.908. The standard InChI is InChI=1S/C17H15BrO5S/c1-12-5-3-4-6-15(12)16(17(19)22-2)11-23-24(20,21)14-9-7-13(18)8-10-14/h3-11H,1-2H3/b16-11+. The summed E-state index contributed by atoms with van der Waals surface area (Å²) in [5, 5.41) is 0. The van der Waals surface area contributed by atoms with E-state index in [0.717, 1.165) is 16.3 Å². The summed E-state index contributed by atoms with van der Waals surface area (Å²) in [6, 6.07) is 13.0. The Morgan fingerprint density at radius 3 is 2.29 bits per heavy atom. The lowest BCUT2D eigenvalue weighted by Crippen LogP contribution is -2.08. The predicted octanol–water partition coefficient (Wildman–Crippen LogP) is 3.68. The molecule has 0 amide bonds. The minimum absolute atomic E-state index is 0.0176. The Kier molecular flexibility index (Phi) is 5.80. The Labute approximate surface area is 149 Å². The van der Waals surface area contributed by atoms with Gasteiger partial charge in [-0.1, -0.05) is 40.2 Å². The second-order valence-electron chi connectivity index (χ2n) is 4.84. The van der Waals surface area contributed by atoms with Crippen LogP contribution in [0.15, 0.2) is 64.2 Å². The highest BCUT2D eigenvalue weighted by molar-refractivity contribution is 9.10. The molecular weight excluding hydrogens is 396 g/mol. The highest BCUT2D eigenvalue weighted by atomic mass is 79.9. The molecule has 7 heteroatoms. The van der Waals surface area contributed by atoms with E-state index in [1.54, 1.807) is 37.3 Å². The van der Waals surface area contributed by atoms with E-state index in [1.807, 2.05) is 6.07 Å². The fraction of sp³-hybridized carbons (Fsp3) is 0.118. The average molecular weight is 411 g/mol. The lowest BCUT2D eigenvalue weighted by molar-refractivity contribution is -0.133. The Bertz CT molecular complexity index is 870.